The van der Waals surface area contributed by atoms with Crippen LogP contribution in [0.2, 0.25) is 0 Å². The van der Waals surface area contributed by atoms with Gasteiger partial charge < -0.3 is 4.90 Å². The van der Waals surface area contributed by atoms with E-state index < -0.39 is 5.82 Å². The number of piperazine rings is 1. The van der Waals surface area contributed by atoms with Gasteiger partial charge in [0.1, 0.15) is 5.82 Å². The van der Waals surface area contributed by atoms with Crippen LogP contribution in [0.4, 0.5) is 4.39 Å². The van der Waals surface area contributed by atoms with Gasteiger partial charge in [0.25, 0.3) is 5.91 Å². The molecule has 2 aliphatic rings. The molecule has 0 aromatic heterocycles. The lowest BCUT2D eigenvalue weighted by Crippen LogP contribution is -2.49. The predicted octanol–water partition coefficient (Wildman–Crippen LogP) is 2.28. The van der Waals surface area contributed by atoms with E-state index in [-0.39, 0.29) is 11.5 Å². The van der Waals surface area contributed by atoms with Gasteiger partial charge in [0, 0.05) is 37.6 Å². The largest absolute Gasteiger partial charge is 0.336 e. The lowest BCUT2D eigenvalue weighted by Gasteiger charge is -2.34. The SMILES string of the molecule is O=C(c1cc(S)ccc1F)N1CCN(CC2CC2)CC1. The zero-order valence-corrected chi connectivity index (χ0v) is 12.3. The Morgan fingerprint density at radius 1 is 1.25 bits per heavy atom. The quantitative estimate of drug-likeness (QED) is 0.865. The molecule has 2 fully saturated rings. The van der Waals surface area contributed by atoms with Crippen LogP contribution < -0.4 is 0 Å². The van der Waals surface area contributed by atoms with E-state index in [0.29, 0.717) is 18.0 Å². The van der Waals surface area contributed by atoms with Crippen LogP contribution in [0.25, 0.3) is 0 Å². The second-order valence-corrected chi connectivity index (χ2v) is 6.22. The number of amides is 1. The highest BCUT2D eigenvalue weighted by Crippen LogP contribution is 2.30. The zero-order valence-electron chi connectivity index (χ0n) is 11.4. The summed E-state index contributed by atoms with van der Waals surface area (Å²) in [5.41, 5.74) is 0.133. The van der Waals surface area contributed by atoms with Crippen LogP contribution in [0, 0.1) is 11.7 Å². The fraction of sp³-hybridized carbons (Fsp3) is 0.533. The maximum Gasteiger partial charge on any atom is 0.256 e. The number of halogens is 1. The van der Waals surface area contributed by atoms with Gasteiger partial charge in [-0.2, -0.15) is 0 Å². The van der Waals surface area contributed by atoms with E-state index in [1.165, 1.54) is 25.0 Å². The fourth-order valence-corrected chi connectivity index (χ4v) is 2.85. The number of hydrogen-bond donors (Lipinski definition) is 1. The van der Waals surface area contributed by atoms with Crippen LogP contribution in [0.15, 0.2) is 23.1 Å². The number of nitrogens with zero attached hydrogens (tertiary/aromatic N) is 2. The molecule has 1 aromatic rings. The van der Waals surface area contributed by atoms with Crippen molar-refractivity contribution in [2.45, 2.75) is 17.7 Å². The summed E-state index contributed by atoms with van der Waals surface area (Å²) in [6.07, 6.45) is 2.69. The molecule has 0 N–H and O–H groups in total. The Bertz CT molecular complexity index is 511. The smallest absolute Gasteiger partial charge is 0.256 e. The van der Waals surface area contributed by atoms with E-state index in [4.69, 9.17) is 0 Å². The summed E-state index contributed by atoms with van der Waals surface area (Å²) >= 11 is 4.17. The van der Waals surface area contributed by atoms with E-state index >= 15 is 0 Å². The number of hydrogen-bond acceptors (Lipinski definition) is 3. The van der Waals surface area contributed by atoms with Crippen molar-refractivity contribution in [1.82, 2.24) is 9.80 Å². The Morgan fingerprint density at radius 2 is 1.95 bits per heavy atom. The number of thiol groups is 1. The lowest BCUT2D eigenvalue weighted by molar-refractivity contribution is 0.0627. The van der Waals surface area contributed by atoms with E-state index in [0.717, 1.165) is 25.6 Å². The van der Waals surface area contributed by atoms with Crippen LogP contribution in [0.3, 0.4) is 0 Å². The highest BCUT2D eigenvalue weighted by Gasteiger charge is 2.28. The van der Waals surface area contributed by atoms with Crippen molar-refractivity contribution in [3.05, 3.63) is 29.6 Å². The summed E-state index contributed by atoms with van der Waals surface area (Å²) in [5.74, 6) is 0.188. The summed E-state index contributed by atoms with van der Waals surface area (Å²) in [6.45, 7) is 4.31. The molecular formula is C15H19FN2OS. The van der Waals surface area contributed by atoms with Crippen molar-refractivity contribution in [1.29, 1.82) is 0 Å². The predicted molar refractivity (Wildman–Crippen MR) is 78.7 cm³/mol. The first-order valence-corrected chi connectivity index (χ1v) is 7.58. The Kier molecular flexibility index (Phi) is 3.98. The van der Waals surface area contributed by atoms with Crippen LogP contribution in [0.1, 0.15) is 23.2 Å². The molecular weight excluding hydrogens is 275 g/mol. The van der Waals surface area contributed by atoms with Gasteiger partial charge in [-0.15, -0.1) is 12.6 Å². The molecule has 1 heterocycles. The molecule has 1 aromatic carbocycles. The molecule has 0 spiro atoms. The van der Waals surface area contributed by atoms with E-state index in [2.05, 4.69) is 17.5 Å². The summed E-state index contributed by atoms with van der Waals surface area (Å²) in [5, 5.41) is 0. The van der Waals surface area contributed by atoms with Crippen LogP contribution in [-0.4, -0.2) is 48.4 Å². The van der Waals surface area contributed by atoms with Crippen molar-refractivity contribution < 1.29 is 9.18 Å². The second-order valence-electron chi connectivity index (χ2n) is 5.70. The van der Waals surface area contributed by atoms with Crippen molar-refractivity contribution in [3.8, 4) is 0 Å². The monoisotopic (exact) mass is 294 g/mol. The van der Waals surface area contributed by atoms with Gasteiger partial charge in [-0.3, -0.25) is 9.69 Å². The number of carbonyl (C=O) groups is 1. The standard InChI is InChI=1S/C15H19FN2OS/c16-14-4-3-12(20)9-13(14)15(19)18-7-5-17(6-8-18)10-11-1-2-11/h3-4,9,11,20H,1-2,5-8,10H2. The molecule has 108 valence electrons. The summed E-state index contributed by atoms with van der Waals surface area (Å²) in [7, 11) is 0. The summed E-state index contributed by atoms with van der Waals surface area (Å²) in [4.78, 5) is 17.1. The molecule has 1 saturated carbocycles. The first kappa shape index (κ1) is 13.9. The van der Waals surface area contributed by atoms with Gasteiger partial charge >= 0.3 is 0 Å². The first-order valence-electron chi connectivity index (χ1n) is 7.13. The summed E-state index contributed by atoms with van der Waals surface area (Å²) < 4.78 is 13.7. The number of carbonyl (C=O) groups excluding carboxylic acids is 1. The Morgan fingerprint density at radius 3 is 2.60 bits per heavy atom. The lowest BCUT2D eigenvalue weighted by atomic mass is 10.1. The third kappa shape index (κ3) is 3.15. The van der Waals surface area contributed by atoms with Crippen molar-refractivity contribution >= 4 is 18.5 Å². The topological polar surface area (TPSA) is 23.6 Å². The van der Waals surface area contributed by atoms with Crippen molar-refractivity contribution in [2.75, 3.05) is 32.7 Å². The Labute approximate surface area is 124 Å². The first-order chi connectivity index (χ1) is 9.63. The zero-order chi connectivity index (χ0) is 14.1. The van der Waals surface area contributed by atoms with E-state index in [1.54, 1.807) is 11.0 Å². The average molecular weight is 294 g/mol. The molecule has 5 heteroatoms. The number of benzene rings is 1. The van der Waals surface area contributed by atoms with Gasteiger partial charge in [0.2, 0.25) is 0 Å². The highest BCUT2D eigenvalue weighted by atomic mass is 32.1. The van der Waals surface area contributed by atoms with Gasteiger partial charge in [-0.1, -0.05) is 0 Å². The molecule has 0 bridgehead atoms. The minimum Gasteiger partial charge on any atom is -0.336 e. The molecule has 1 aliphatic heterocycles. The van der Waals surface area contributed by atoms with Crippen molar-refractivity contribution in [3.63, 3.8) is 0 Å². The second kappa shape index (κ2) is 5.74. The molecule has 0 atom stereocenters. The molecule has 0 unspecified atom stereocenters. The maximum absolute atomic E-state index is 13.7. The van der Waals surface area contributed by atoms with Crippen LogP contribution in [0.5, 0.6) is 0 Å². The maximum atomic E-state index is 13.7. The van der Waals surface area contributed by atoms with Crippen LogP contribution >= 0.6 is 12.6 Å². The molecule has 1 aliphatic carbocycles. The average Bonchev–Trinajstić information content (AvgIpc) is 3.26. The van der Waals surface area contributed by atoms with Gasteiger partial charge in [0.15, 0.2) is 0 Å². The Hall–Kier alpha value is -1.07. The van der Waals surface area contributed by atoms with E-state index in [1.807, 2.05) is 0 Å². The molecule has 20 heavy (non-hydrogen) atoms. The number of rotatable bonds is 3. The van der Waals surface area contributed by atoms with Gasteiger partial charge in [0.05, 0.1) is 5.56 Å². The Balaban J connectivity index is 1.61. The molecule has 1 amide bonds. The molecule has 0 radical (unpaired) electrons. The molecule has 1 saturated heterocycles. The minimum atomic E-state index is -0.465. The highest BCUT2D eigenvalue weighted by molar-refractivity contribution is 7.80. The fourth-order valence-electron chi connectivity index (χ4n) is 2.65. The molecule has 3 nitrogen and oxygen atoms in total. The van der Waals surface area contributed by atoms with E-state index in [9.17, 15) is 9.18 Å². The van der Waals surface area contributed by atoms with Crippen molar-refractivity contribution in [2.24, 2.45) is 5.92 Å². The minimum absolute atomic E-state index is 0.133. The third-order valence-corrected chi connectivity index (χ3v) is 4.33. The van der Waals surface area contributed by atoms with Crippen LogP contribution in [-0.2, 0) is 0 Å². The third-order valence-electron chi connectivity index (χ3n) is 4.05. The molecule has 3 rings (SSSR count). The van der Waals surface area contributed by atoms with Gasteiger partial charge in [-0.25, -0.2) is 4.39 Å². The normalized spacial score (nSPS) is 20.2. The summed E-state index contributed by atoms with van der Waals surface area (Å²) in [6, 6.07) is 4.37. The van der Waals surface area contributed by atoms with Gasteiger partial charge in [-0.05, 0) is 37.0 Å².